The van der Waals surface area contributed by atoms with E-state index in [2.05, 4.69) is 24.8 Å². The summed E-state index contributed by atoms with van der Waals surface area (Å²) < 4.78 is 21.4. The number of anilines is 2. The molecule has 0 saturated carbocycles. The van der Waals surface area contributed by atoms with E-state index in [4.69, 9.17) is 37.8 Å². The first kappa shape index (κ1) is 25.7. The van der Waals surface area contributed by atoms with Gasteiger partial charge in [-0.1, -0.05) is 17.7 Å². The van der Waals surface area contributed by atoms with Crippen LogP contribution in [0.3, 0.4) is 0 Å². The monoisotopic (exact) mass is 560 g/mol. The fraction of sp³-hybridized carbons (Fsp3) is 0.259. The first-order chi connectivity index (χ1) is 19.4. The summed E-state index contributed by atoms with van der Waals surface area (Å²) in [5.74, 6) is -0.350. The number of fused-ring (bicyclic) bond motifs is 1. The molecule has 1 saturated heterocycles. The van der Waals surface area contributed by atoms with Crippen molar-refractivity contribution >= 4 is 39.4 Å². The van der Waals surface area contributed by atoms with Crippen LogP contribution >= 0.6 is 11.6 Å². The van der Waals surface area contributed by atoms with Crippen molar-refractivity contribution in [3.8, 4) is 17.1 Å². The number of methoxy groups -OCH3 is 1. The standard InChI is InChI=1S/C27H26ClFN10O/c1-40-26-18(29)8-16(10-33-26)19-9-17(12-39-15-36-23-24(31)34-14-35-25(23)39)20(11-32-19)38-7-3-6-27(13-38)21(30)4-2-5-22(28)37-27/h2,4-5,8-11,14-15H,3,6-7,12-13,30H2,1H3,(H2,31,34,35)/t27-/m1/s1. The van der Waals surface area contributed by atoms with Crippen LogP contribution in [0.15, 0.2) is 66.1 Å². The third-order valence-corrected chi connectivity index (χ3v) is 7.42. The Kier molecular flexibility index (Phi) is 6.54. The molecule has 0 aliphatic carbocycles. The van der Waals surface area contributed by atoms with E-state index in [1.807, 2.05) is 22.8 Å². The maximum Gasteiger partial charge on any atom is 0.250 e. The van der Waals surface area contributed by atoms with Crippen molar-refractivity contribution < 1.29 is 9.13 Å². The van der Waals surface area contributed by atoms with Gasteiger partial charge in [-0.05, 0) is 42.7 Å². The highest BCUT2D eigenvalue weighted by atomic mass is 35.5. The number of halogens is 2. The molecule has 11 nitrogen and oxygen atoms in total. The van der Waals surface area contributed by atoms with Gasteiger partial charge in [0.15, 0.2) is 17.3 Å². The summed E-state index contributed by atoms with van der Waals surface area (Å²) in [4.78, 5) is 28.6. The molecule has 4 aromatic heterocycles. The summed E-state index contributed by atoms with van der Waals surface area (Å²) in [5.41, 5.74) is 16.5. The van der Waals surface area contributed by atoms with E-state index in [-0.39, 0.29) is 5.88 Å². The quantitative estimate of drug-likeness (QED) is 0.374. The van der Waals surface area contributed by atoms with Gasteiger partial charge in [0, 0.05) is 30.5 Å². The molecule has 0 aromatic carbocycles. The Bertz CT molecular complexity index is 1700. The van der Waals surface area contributed by atoms with E-state index < -0.39 is 11.4 Å². The Hall–Kier alpha value is -4.58. The number of aromatic nitrogens is 6. The molecule has 4 N–H and O–H groups in total. The zero-order valence-electron chi connectivity index (χ0n) is 21.6. The molecule has 6 rings (SSSR count). The Labute approximate surface area is 234 Å². The molecule has 6 heterocycles. The van der Waals surface area contributed by atoms with Gasteiger partial charge in [-0.25, -0.2) is 24.3 Å². The van der Waals surface area contributed by atoms with Crippen LogP contribution in [0.2, 0.25) is 0 Å². The number of pyridine rings is 2. The Balaban J connectivity index is 1.44. The lowest BCUT2D eigenvalue weighted by Crippen LogP contribution is -2.50. The minimum Gasteiger partial charge on any atom is -0.479 e. The van der Waals surface area contributed by atoms with Gasteiger partial charge in [-0.2, -0.15) is 0 Å². The van der Waals surface area contributed by atoms with Crippen LogP contribution in [0.5, 0.6) is 5.88 Å². The molecule has 0 amide bonds. The summed E-state index contributed by atoms with van der Waals surface area (Å²) >= 11 is 6.39. The van der Waals surface area contributed by atoms with Crippen LogP contribution in [0, 0.1) is 5.82 Å². The van der Waals surface area contributed by atoms with Gasteiger partial charge in [-0.15, -0.1) is 0 Å². The van der Waals surface area contributed by atoms with E-state index >= 15 is 0 Å². The predicted octanol–water partition coefficient (Wildman–Crippen LogP) is 3.45. The largest absolute Gasteiger partial charge is 0.479 e. The maximum absolute atomic E-state index is 14.5. The fourth-order valence-electron chi connectivity index (χ4n) is 5.23. The van der Waals surface area contributed by atoms with Crippen LogP contribution in [0.1, 0.15) is 18.4 Å². The lowest BCUT2D eigenvalue weighted by atomic mass is 9.86. The van der Waals surface area contributed by atoms with Gasteiger partial charge in [0.2, 0.25) is 5.88 Å². The predicted molar refractivity (Wildman–Crippen MR) is 152 cm³/mol. The number of nitrogen functional groups attached to an aromatic ring is 1. The molecule has 1 spiro atoms. The fourth-order valence-corrected chi connectivity index (χ4v) is 5.47. The van der Waals surface area contributed by atoms with E-state index in [1.165, 1.54) is 25.7 Å². The van der Waals surface area contributed by atoms with E-state index in [0.29, 0.717) is 52.2 Å². The molecule has 204 valence electrons. The average Bonchev–Trinajstić information content (AvgIpc) is 3.31. The molecule has 0 unspecified atom stereocenters. The van der Waals surface area contributed by atoms with Crippen molar-refractivity contribution in [3.63, 3.8) is 0 Å². The SMILES string of the molecule is COc1ncc(-c2cc(Cn3cnc4c(N)ncnc43)c(N3CCC[C@]4(C3)N=C(Cl)C=CC=C4N)cn2)cc1F. The Morgan fingerprint density at radius 1 is 1.12 bits per heavy atom. The van der Waals surface area contributed by atoms with Crippen molar-refractivity contribution in [1.82, 2.24) is 29.5 Å². The number of hydrogen-bond donors (Lipinski definition) is 2. The number of rotatable bonds is 5. The minimum absolute atomic E-state index is 0.0795. The molecular formula is C27H26ClFN10O. The van der Waals surface area contributed by atoms with E-state index in [0.717, 1.165) is 30.6 Å². The molecule has 1 fully saturated rings. The molecule has 13 heteroatoms. The van der Waals surface area contributed by atoms with Crippen LogP contribution in [0.25, 0.3) is 22.4 Å². The third kappa shape index (κ3) is 4.60. The van der Waals surface area contributed by atoms with Crippen LogP contribution in [-0.4, -0.2) is 60.4 Å². The summed E-state index contributed by atoms with van der Waals surface area (Å²) in [6.45, 7) is 1.67. The third-order valence-electron chi connectivity index (χ3n) is 7.21. The van der Waals surface area contributed by atoms with Crippen LogP contribution in [-0.2, 0) is 6.54 Å². The van der Waals surface area contributed by atoms with Gasteiger partial charge in [0.25, 0.3) is 0 Å². The lowest BCUT2D eigenvalue weighted by Gasteiger charge is -2.42. The number of ether oxygens (including phenoxy) is 1. The molecule has 2 aliphatic rings. The number of allylic oxidation sites excluding steroid dienone is 3. The number of nitrogens with two attached hydrogens (primary N) is 2. The maximum atomic E-state index is 14.5. The van der Waals surface area contributed by atoms with E-state index in [1.54, 1.807) is 18.6 Å². The molecule has 2 aliphatic heterocycles. The van der Waals surface area contributed by atoms with Gasteiger partial charge in [0.05, 0.1) is 37.6 Å². The minimum atomic E-state index is -0.665. The Morgan fingerprint density at radius 2 is 2.00 bits per heavy atom. The van der Waals surface area contributed by atoms with Gasteiger partial charge in [0.1, 0.15) is 22.6 Å². The lowest BCUT2D eigenvalue weighted by molar-refractivity contribution is 0.369. The summed E-state index contributed by atoms with van der Waals surface area (Å²) in [7, 11) is 1.37. The first-order valence-electron chi connectivity index (χ1n) is 12.6. The van der Waals surface area contributed by atoms with Gasteiger partial charge >= 0.3 is 0 Å². The molecule has 40 heavy (non-hydrogen) atoms. The van der Waals surface area contributed by atoms with Crippen molar-refractivity contribution in [3.05, 3.63) is 72.5 Å². The van der Waals surface area contributed by atoms with Gasteiger partial charge in [-0.3, -0.25) is 9.98 Å². The summed E-state index contributed by atoms with van der Waals surface area (Å²) in [6.07, 6.45) is 13.4. The molecule has 1 atom stereocenters. The summed E-state index contributed by atoms with van der Waals surface area (Å²) in [6, 6.07) is 3.27. The highest BCUT2D eigenvalue weighted by molar-refractivity contribution is 6.68. The second-order valence-electron chi connectivity index (χ2n) is 9.69. The molecule has 4 aromatic rings. The zero-order chi connectivity index (χ0) is 27.9. The number of hydrogen-bond acceptors (Lipinski definition) is 10. The highest BCUT2D eigenvalue weighted by Crippen LogP contribution is 2.36. The smallest absolute Gasteiger partial charge is 0.250 e. The molecular weight excluding hydrogens is 535 g/mol. The second-order valence-corrected chi connectivity index (χ2v) is 10.1. The van der Waals surface area contributed by atoms with Gasteiger partial charge < -0.3 is 25.7 Å². The highest BCUT2D eigenvalue weighted by Gasteiger charge is 2.39. The van der Waals surface area contributed by atoms with Crippen molar-refractivity contribution in [2.45, 2.75) is 24.9 Å². The summed E-state index contributed by atoms with van der Waals surface area (Å²) in [5, 5.41) is 0.406. The van der Waals surface area contributed by atoms with Crippen LogP contribution < -0.4 is 21.1 Å². The van der Waals surface area contributed by atoms with Crippen molar-refractivity contribution in [2.24, 2.45) is 10.7 Å². The second kappa shape index (κ2) is 10.2. The van der Waals surface area contributed by atoms with Crippen LogP contribution in [0.4, 0.5) is 15.9 Å². The van der Waals surface area contributed by atoms with E-state index in [9.17, 15) is 4.39 Å². The van der Waals surface area contributed by atoms with Crippen molar-refractivity contribution in [2.75, 3.05) is 30.8 Å². The topological polar surface area (TPSA) is 146 Å². The molecule has 0 bridgehead atoms. The molecule has 0 radical (unpaired) electrons. The number of aliphatic imine (C=N–C) groups is 1. The number of imidazole rings is 1. The first-order valence-corrected chi connectivity index (χ1v) is 13.0. The normalized spacial score (nSPS) is 19.0. The van der Waals surface area contributed by atoms with Crippen molar-refractivity contribution in [1.29, 1.82) is 0 Å². The average molecular weight is 561 g/mol. The zero-order valence-corrected chi connectivity index (χ0v) is 22.4. The number of piperidine rings is 1. The Morgan fingerprint density at radius 3 is 2.83 bits per heavy atom. The number of nitrogens with zero attached hydrogens (tertiary/aromatic N) is 8.